The van der Waals surface area contributed by atoms with Crippen molar-refractivity contribution in [1.82, 2.24) is 4.90 Å². The summed E-state index contributed by atoms with van der Waals surface area (Å²) in [5.41, 5.74) is 0. The highest BCUT2D eigenvalue weighted by Gasteiger charge is 2.31. The second-order valence-electron chi connectivity index (χ2n) is 5.06. The van der Waals surface area contributed by atoms with Gasteiger partial charge in [0, 0.05) is 32.2 Å². The summed E-state index contributed by atoms with van der Waals surface area (Å²) in [4.78, 5) is 2.57. The first kappa shape index (κ1) is 12.0. The Labute approximate surface area is 88.6 Å². The molecule has 0 saturated carbocycles. The summed E-state index contributed by atoms with van der Waals surface area (Å²) in [6, 6.07) is 0.675. The van der Waals surface area contributed by atoms with E-state index in [1.807, 2.05) is 7.11 Å². The molecule has 0 aromatic rings. The number of nitrogens with zero attached hydrogens (tertiary/aromatic N) is 1. The molecule has 0 radical (unpaired) electrons. The van der Waals surface area contributed by atoms with Crippen LogP contribution in [0.3, 0.4) is 0 Å². The molecule has 1 heterocycles. The fourth-order valence-electron chi connectivity index (χ4n) is 2.39. The van der Waals surface area contributed by atoms with Gasteiger partial charge < -0.3 is 9.64 Å². The lowest BCUT2D eigenvalue weighted by atomic mass is 9.85. The summed E-state index contributed by atoms with van der Waals surface area (Å²) < 4.78 is 5.57. The van der Waals surface area contributed by atoms with Gasteiger partial charge in [-0.15, -0.1) is 0 Å². The Morgan fingerprint density at radius 3 is 2.29 bits per heavy atom. The van der Waals surface area contributed by atoms with Crippen molar-refractivity contribution >= 4 is 0 Å². The Balaban J connectivity index is 2.57. The maximum atomic E-state index is 5.57. The van der Waals surface area contributed by atoms with E-state index >= 15 is 0 Å². The predicted molar refractivity (Wildman–Crippen MR) is 60.5 cm³/mol. The molecule has 1 saturated heterocycles. The Bertz CT molecular complexity index is 168. The summed E-state index contributed by atoms with van der Waals surface area (Å²) in [6.45, 7) is 11.6. The van der Waals surface area contributed by atoms with Crippen LogP contribution in [-0.4, -0.2) is 37.2 Å². The van der Waals surface area contributed by atoms with Crippen LogP contribution in [0.1, 0.15) is 34.1 Å². The van der Waals surface area contributed by atoms with E-state index in [-0.39, 0.29) is 0 Å². The molecule has 0 N–H and O–H groups in total. The highest BCUT2D eigenvalue weighted by molar-refractivity contribution is 4.84. The van der Waals surface area contributed by atoms with Crippen LogP contribution in [0.4, 0.5) is 0 Å². The number of hydrogen-bond acceptors (Lipinski definition) is 2. The summed E-state index contributed by atoms with van der Waals surface area (Å²) in [5, 5.41) is 0. The molecule has 1 aliphatic heterocycles. The van der Waals surface area contributed by atoms with Crippen molar-refractivity contribution in [2.45, 2.75) is 46.3 Å². The van der Waals surface area contributed by atoms with Crippen LogP contribution in [0.5, 0.6) is 0 Å². The van der Waals surface area contributed by atoms with Gasteiger partial charge in [-0.25, -0.2) is 0 Å². The third-order valence-electron chi connectivity index (χ3n) is 3.51. The summed E-state index contributed by atoms with van der Waals surface area (Å²) in [5.74, 6) is 1.43. The second-order valence-corrected chi connectivity index (χ2v) is 5.06. The molecular formula is C12H25NO. The van der Waals surface area contributed by atoms with Crippen molar-refractivity contribution in [3.8, 4) is 0 Å². The van der Waals surface area contributed by atoms with Crippen LogP contribution in [0.2, 0.25) is 0 Å². The quantitative estimate of drug-likeness (QED) is 0.692. The number of methoxy groups -OCH3 is 1. The van der Waals surface area contributed by atoms with Gasteiger partial charge in [-0.2, -0.15) is 0 Å². The molecule has 0 aromatic heterocycles. The molecule has 84 valence electrons. The average Bonchev–Trinajstić information content (AvgIpc) is 2.16. The van der Waals surface area contributed by atoms with Gasteiger partial charge in [0.2, 0.25) is 0 Å². The fourth-order valence-corrected chi connectivity index (χ4v) is 2.39. The molecule has 0 aromatic carbocycles. The van der Waals surface area contributed by atoms with Crippen molar-refractivity contribution in [3.63, 3.8) is 0 Å². The number of rotatable bonds is 3. The lowest BCUT2D eigenvalue weighted by molar-refractivity contribution is -0.0311. The van der Waals surface area contributed by atoms with E-state index in [0.29, 0.717) is 18.1 Å². The smallest absolute Gasteiger partial charge is 0.0626 e. The highest BCUT2D eigenvalue weighted by atomic mass is 16.5. The van der Waals surface area contributed by atoms with E-state index in [1.165, 1.54) is 19.5 Å². The van der Waals surface area contributed by atoms with Crippen molar-refractivity contribution in [2.24, 2.45) is 11.8 Å². The van der Waals surface area contributed by atoms with Gasteiger partial charge in [0.1, 0.15) is 0 Å². The van der Waals surface area contributed by atoms with E-state index in [1.54, 1.807) is 0 Å². The normalized spacial score (nSPS) is 30.2. The average molecular weight is 199 g/mol. The van der Waals surface area contributed by atoms with E-state index in [0.717, 1.165) is 5.92 Å². The minimum Gasteiger partial charge on any atom is -0.381 e. The Morgan fingerprint density at radius 2 is 1.86 bits per heavy atom. The molecule has 1 unspecified atom stereocenters. The lowest BCUT2D eigenvalue weighted by Crippen LogP contribution is -2.48. The first-order valence-electron chi connectivity index (χ1n) is 5.83. The maximum absolute atomic E-state index is 5.57. The zero-order chi connectivity index (χ0) is 10.7. The van der Waals surface area contributed by atoms with Crippen LogP contribution in [0.25, 0.3) is 0 Å². The summed E-state index contributed by atoms with van der Waals surface area (Å²) >= 11 is 0. The summed E-state index contributed by atoms with van der Waals surface area (Å²) in [7, 11) is 1.85. The van der Waals surface area contributed by atoms with E-state index in [2.05, 4.69) is 32.6 Å². The zero-order valence-corrected chi connectivity index (χ0v) is 10.3. The zero-order valence-electron chi connectivity index (χ0n) is 10.3. The van der Waals surface area contributed by atoms with E-state index in [4.69, 9.17) is 4.74 Å². The van der Waals surface area contributed by atoms with Gasteiger partial charge in [-0.05, 0) is 26.2 Å². The standard InChI is InChI=1S/C12H25NO/c1-9(2)11-8-13(10(3)4)7-6-12(11)14-5/h9-12H,6-8H2,1-5H3/t11-,12?/m0/s1. The number of ether oxygens (including phenoxy) is 1. The molecule has 14 heavy (non-hydrogen) atoms. The van der Waals surface area contributed by atoms with Gasteiger partial charge in [-0.3, -0.25) is 0 Å². The second kappa shape index (κ2) is 5.13. The number of piperidine rings is 1. The van der Waals surface area contributed by atoms with Crippen molar-refractivity contribution in [1.29, 1.82) is 0 Å². The lowest BCUT2D eigenvalue weighted by Gasteiger charge is -2.41. The minimum absolute atomic E-state index is 0.477. The van der Waals surface area contributed by atoms with Gasteiger partial charge in [0.25, 0.3) is 0 Å². The van der Waals surface area contributed by atoms with Gasteiger partial charge in [0.05, 0.1) is 6.10 Å². The first-order chi connectivity index (χ1) is 6.56. The van der Waals surface area contributed by atoms with Crippen molar-refractivity contribution in [3.05, 3.63) is 0 Å². The molecule has 0 spiro atoms. The molecular weight excluding hydrogens is 174 g/mol. The topological polar surface area (TPSA) is 12.5 Å². The fraction of sp³-hybridized carbons (Fsp3) is 1.00. The Hall–Kier alpha value is -0.0800. The van der Waals surface area contributed by atoms with Crippen molar-refractivity contribution < 1.29 is 4.74 Å². The molecule has 2 heteroatoms. The van der Waals surface area contributed by atoms with E-state index in [9.17, 15) is 0 Å². The monoisotopic (exact) mass is 199 g/mol. The largest absolute Gasteiger partial charge is 0.381 e. The van der Waals surface area contributed by atoms with Crippen LogP contribution in [0, 0.1) is 11.8 Å². The molecule has 2 atom stereocenters. The number of hydrogen-bond donors (Lipinski definition) is 0. The van der Waals surface area contributed by atoms with Gasteiger partial charge in [0.15, 0.2) is 0 Å². The van der Waals surface area contributed by atoms with Crippen LogP contribution >= 0.6 is 0 Å². The van der Waals surface area contributed by atoms with Crippen LogP contribution in [-0.2, 0) is 4.74 Å². The third-order valence-corrected chi connectivity index (χ3v) is 3.51. The van der Waals surface area contributed by atoms with E-state index < -0.39 is 0 Å². The minimum atomic E-state index is 0.477. The Morgan fingerprint density at radius 1 is 1.21 bits per heavy atom. The van der Waals surface area contributed by atoms with Crippen LogP contribution in [0.15, 0.2) is 0 Å². The third kappa shape index (κ3) is 2.71. The molecule has 1 rings (SSSR count). The molecule has 1 aliphatic rings. The molecule has 0 aliphatic carbocycles. The predicted octanol–water partition coefficient (Wildman–Crippen LogP) is 2.39. The van der Waals surface area contributed by atoms with Crippen LogP contribution < -0.4 is 0 Å². The summed E-state index contributed by atoms with van der Waals surface area (Å²) in [6.07, 6.45) is 1.67. The SMILES string of the molecule is COC1CCN(C(C)C)C[C@H]1C(C)C. The van der Waals surface area contributed by atoms with Crippen molar-refractivity contribution in [2.75, 3.05) is 20.2 Å². The molecule has 0 amide bonds. The molecule has 1 fully saturated rings. The van der Waals surface area contributed by atoms with Gasteiger partial charge in [-0.1, -0.05) is 13.8 Å². The highest BCUT2D eigenvalue weighted by Crippen LogP contribution is 2.27. The van der Waals surface area contributed by atoms with Gasteiger partial charge >= 0.3 is 0 Å². The molecule has 0 bridgehead atoms. The maximum Gasteiger partial charge on any atom is 0.0626 e. The molecule has 2 nitrogen and oxygen atoms in total. The Kier molecular flexibility index (Phi) is 4.39. The first-order valence-corrected chi connectivity index (χ1v) is 5.83. The number of likely N-dealkylation sites (tertiary alicyclic amines) is 1.